The Morgan fingerprint density at radius 2 is 1.67 bits per heavy atom. The smallest absolute Gasteiger partial charge is 0.233 e. The summed E-state index contributed by atoms with van der Waals surface area (Å²) < 4.78 is 0. The van der Waals surface area contributed by atoms with Crippen molar-refractivity contribution in [2.75, 3.05) is 13.1 Å². The minimum absolute atomic E-state index is 0.147. The van der Waals surface area contributed by atoms with Gasteiger partial charge in [0.05, 0.1) is 6.54 Å². The first-order valence-corrected chi connectivity index (χ1v) is 9.67. The van der Waals surface area contributed by atoms with Gasteiger partial charge in [0.15, 0.2) is 0 Å². The van der Waals surface area contributed by atoms with E-state index in [1.807, 2.05) is 18.2 Å². The van der Waals surface area contributed by atoms with Gasteiger partial charge in [0.1, 0.15) is 0 Å². The van der Waals surface area contributed by atoms with Crippen LogP contribution in [0.5, 0.6) is 0 Å². The van der Waals surface area contributed by atoms with E-state index < -0.39 is 0 Å². The van der Waals surface area contributed by atoms with Gasteiger partial charge >= 0.3 is 0 Å². The van der Waals surface area contributed by atoms with Crippen LogP contribution in [0.1, 0.15) is 57.1 Å². The zero-order chi connectivity index (χ0) is 16.6. The summed E-state index contributed by atoms with van der Waals surface area (Å²) in [4.78, 5) is 12.3. The summed E-state index contributed by atoms with van der Waals surface area (Å²) in [6, 6.07) is 10.5. The van der Waals surface area contributed by atoms with Crippen molar-refractivity contribution in [1.82, 2.24) is 10.6 Å². The summed E-state index contributed by atoms with van der Waals surface area (Å²) in [7, 11) is 0. The monoisotopic (exact) mass is 326 g/mol. The lowest BCUT2D eigenvalue weighted by Gasteiger charge is -2.56. The van der Waals surface area contributed by atoms with Crippen molar-refractivity contribution in [3.63, 3.8) is 0 Å². The van der Waals surface area contributed by atoms with Crippen molar-refractivity contribution in [2.45, 2.75) is 51.5 Å². The Bertz CT molecular complexity index is 547. The van der Waals surface area contributed by atoms with Gasteiger partial charge in [0.25, 0.3) is 0 Å². The van der Waals surface area contributed by atoms with Crippen LogP contribution < -0.4 is 10.6 Å². The third-order valence-electron chi connectivity index (χ3n) is 6.69. The average molecular weight is 326 g/mol. The maximum Gasteiger partial charge on any atom is 0.233 e. The molecule has 1 amide bonds. The van der Waals surface area contributed by atoms with Crippen molar-refractivity contribution in [2.24, 2.45) is 23.2 Å². The Morgan fingerprint density at radius 1 is 1.08 bits per heavy atom. The van der Waals surface area contributed by atoms with Crippen LogP contribution in [0.4, 0.5) is 0 Å². The molecule has 3 heteroatoms. The molecule has 0 aliphatic heterocycles. The van der Waals surface area contributed by atoms with Gasteiger partial charge in [-0.2, -0.15) is 0 Å². The molecule has 0 heterocycles. The zero-order valence-electron chi connectivity index (χ0n) is 14.8. The molecule has 0 saturated heterocycles. The minimum atomic E-state index is 0.147. The van der Waals surface area contributed by atoms with Crippen LogP contribution >= 0.6 is 0 Å². The molecule has 5 rings (SSSR count). The number of carbonyl (C=O) groups excluding carboxylic acids is 1. The SMILES string of the molecule is C[C@@H](NCC(=O)NCC12CC3CC(CC(C3)C1)C2)c1ccccc1. The van der Waals surface area contributed by atoms with Crippen molar-refractivity contribution < 1.29 is 4.79 Å². The molecule has 4 bridgehead atoms. The number of carbonyl (C=O) groups is 1. The lowest BCUT2D eigenvalue weighted by molar-refractivity contribution is -0.122. The fourth-order valence-electron chi connectivity index (χ4n) is 5.96. The molecule has 0 unspecified atom stereocenters. The fraction of sp³-hybridized carbons (Fsp3) is 0.667. The number of hydrogen-bond acceptors (Lipinski definition) is 2. The Labute approximate surface area is 145 Å². The lowest BCUT2D eigenvalue weighted by atomic mass is 9.49. The highest BCUT2D eigenvalue weighted by Gasteiger charge is 2.50. The largest absolute Gasteiger partial charge is 0.354 e. The van der Waals surface area contributed by atoms with Crippen molar-refractivity contribution in [1.29, 1.82) is 0 Å². The van der Waals surface area contributed by atoms with Crippen LogP contribution in [-0.2, 0) is 4.79 Å². The van der Waals surface area contributed by atoms with Crippen LogP contribution in [0.3, 0.4) is 0 Å². The van der Waals surface area contributed by atoms with Crippen LogP contribution in [0, 0.1) is 23.2 Å². The number of hydrogen-bond donors (Lipinski definition) is 2. The van der Waals surface area contributed by atoms with Gasteiger partial charge in [-0.05, 0) is 74.2 Å². The lowest BCUT2D eigenvalue weighted by Crippen LogP contribution is -2.51. The van der Waals surface area contributed by atoms with E-state index in [0.29, 0.717) is 12.0 Å². The second-order valence-electron chi connectivity index (χ2n) is 8.71. The van der Waals surface area contributed by atoms with Crippen LogP contribution in [-0.4, -0.2) is 19.0 Å². The van der Waals surface area contributed by atoms with Crippen LogP contribution in [0.25, 0.3) is 0 Å². The summed E-state index contributed by atoms with van der Waals surface area (Å²) in [6.07, 6.45) is 8.45. The molecule has 4 aliphatic carbocycles. The fourth-order valence-corrected chi connectivity index (χ4v) is 5.96. The molecule has 1 aromatic carbocycles. The average Bonchev–Trinajstić information content (AvgIpc) is 2.57. The van der Waals surface area contributed by atoms with E-state index in [4.69, 9.17) is 0 Å². The van der Waals surface area contributed by atoms with E-state index in [9.17, 15) is 4.79 Å². The van der Waals surface area contributed by atoms with Crippen LogP contribution in [0.15, 0.2) is 30.3 Å². The van der Waals surface area contributed by atoms with Gasteiger partial charge in [-0.15, -0.1) is 0 Å². The van der Waals surface area contributed by atoms with Gasteiger partial charge in [0, 0.05) is 12.6 Å². The standard InChI is InChI=1S/C21H30N2O/c1-15(19-5-3-2-4-6-19)22-13-20(24)23-14-21-10-16-7-17(11-21)9-18(8-16)12-21/h2-6,15-18,22H,7-14H2,1H3,(H,23,24)/t15-,16?,17?,18?,21?/m1/s1. The quantitative estimate of drug-likeness (QED) is 0.837. The maximum absolute atomic E-state index is 12.3. The second-order valence-corrected chi connectivity index (χ2v) is 8.71. The highest BCUT2D eigenvalue weighted by molar-refractivity contribution is 5.78. The Balaban J connectivity index is 1.25. The molecule has 0 radical (unpaired) electrons. The zero-order valence-corrected chi connectivity index (χ0v) is 14.8. The summed E-state index contributed by atoms with van der Waals surface area (Å²) in [5, 5.41) is 6.59. The molecule has 4 aliphatic rings. The van der Waals surface area contributed by atoms with Crippen molar-refractivity contribution in [3.05, 3.63) is 35.9 Å². The summed E-state index contributed by atoms with van der Waals surface area (Å²) in [5.41, 5.74) is 1.65. The first-order chi connectivity index (χ1) is 11.6. The second kappa shape index (κ2) is 6.51. The normalized spacial score (nSPS) is 35.0. The molecular weight excluding hydrogens is 296 g/mol. The van der Waals surface area contributed by atoms with Gasteiger partial charge in [-0.1, -0.05) is 30.3 Å². The third-order valence-corrected chi connectivity index (χ3v) is 6.69. The first kappa shape index (κ1) is 16.1. The van der Waals surface area contributed by atoms with Gasteiger partial charge in [-0.25, -0.2) is 0 Å². The number of nitrogens with one attached hydrogen (secondary N) is 2. The summed E-state index contributed by atoms with van der Waals surface area (Å²) in [5.74, 6) is 2.99. The van der Waals surface area contributed by atoms with Crippen molar-refractivity contribution in [3.8, 4) is 0 Å². The number of amides is 1. The Hall–Kier alpha value is -1.35. The van der Waals surface area contributed by atoms with E-state index >= 15 is 0 Å². The maximum atomic E-state index is 12.3. The minimum Gasteiger partial charge on any atom is -0.354 e. The molecule has 1 atom stereocenters. The Morgan fingerprint density at radius 3 is 2.25 bits per heavy atom. The molecule has 130 valence electrons. The van der Waals surface area contributed by atoms with Gasteiger partial charge in [-0.3, -0.25) is 4.79 Å². The van der Waals surface area contributed by atoms with Crippen molar-refractivity contribution >= 4 is 5.91 Å². The molecule has 3 nitrogen and oxygen atoms in total. The molecule has 1 aromatic rings. The summed E-state index contributed by atoms with van der Waals surface area (Å²) in [6.45, 7) is 3.42. The molecule has 0 spiro atoms. The van der Waals surface area contributed by atoms with E-state index in [2.05, 4.69) is 29.7 Å². The van der Waals surface area contributed by atoms with E-state index in [0.717, 1.165) is 24.3 Å². The predicted molar refractivity (Wildman–Crippen MR) is 96.5 cm³/mol. The van der Waals surface area contributed by atoms with E-state index in [1.54, 1.807) is 0 Å². The topological polar surface area (TPSA) is 41.1 Å². The molecule has 2 N–H and O–H groups in total. The third kappa shape index (κ3) is 3.37. The molecular formula is C21H30N2O. The molecule has 4 fully saturated rings. The number of benzene rings is 1. The molecule has 0 aromatic heterocycles. The number of rotatable bonds is 6. The molecule has 4 saturated carbocycles. The van der Waals surface area contributed by atoms with E-state index in [-0.39, 0.29) is 11.9 Å². The van der Waals surface area contributed by atoms with Crippen LogP contribution in [0.2, 0.25) is 0 Å². The van der Waals surface area contributed by atoms with Gasteiger partial charge < -0.3 is 10.6 Å². The first-order valence-electron chi connectivity index (χ1n) is 9.67. The van der Waals surface area contributed by atoms with Gasteiger partial charge in [0.2, 0.25) is 5.91 Å². The highest BCUT2D eigenvalue weighted by atomic mass is 16.1. The highest BCUT2D eigenvalue weighted by Crippen LogP contribution is 2.59. The Kier molecular flexibility index (Phi) is 4.38. The predicted octanol–water partition coefficient (Wildman–Crippen LogP) is 3.67. The molecule has 24 heavy (non-hydrogen) atoms. The van der Waals surface area contributed by atoms with E-state index in [1.165, 1.54) is 44.1 Å². The summed E-state index contributed by atoms with van der Waals surface area (Å²) >= 11 is 0.